The second-order valence-corrected chi connectivity index (χ2v) is 3.50. The second kappa shape index (κ2) is 4.01. The molecule has 0 heterocycles. The summed E-state index contributed by atoms with van der Waals surface area (Å²) in [5.74, 6) is 0.661. The van der Waals surface area contributed by atoms with Gasteiger partial charge in [-0.25, -0.2) is 0 Å². The van der Waals surface area contributed by atoms with Crippen LogP contribution in [0.1, 0.15) is 6.92 Å². The third-order valence-corrected chi connectivity index (χ3v) is 2.55. The van der Waals surface area contributed by atoms with E-state index in [1.54, 1.807) is 12.1 Å². The standard InChI is InChI=1S/C8H9BrClNO/c1-2-12-8-3-5(9)6(10)4-7(8)11/h3-4H,2,11H2,1H3. The van der Waals surface area contributed by atoms with E-state index in [9.17, 15) is 0 Å². The molecule has 66 valence electrons. The summed E-state index contributed by atoms with van der Waals surface area (Å²) < 4.78 is 6.05. The number of benzene rings is 1. The molecule has 12 heavy (non-hydrogen) atoms. The Morgan fingerprint density at radius 2 is 2.25 bits per heavy atom. The highest BCUT2D eigenvalue weighted by Gasteiger charge is 2.04. The molecule has 0 bridgehead atoms. The van der Waals surface area contributed by atoms with Crippen molar-refractivity contribution in [1.82, 2.24) is 0 Å². The maximum atomic E-state index is 5.80. The van der Waals surface area contributed by atoms with Crippen molar-refractivity contribution in [1.29, 1.82) is 0 Å². The zero-order valence-electron chi connectivity index (χ0n) is 6.60. The van der Waals surface area contributed by atoms with Gasteiger partial charge in [-0.2, -0.15) is 0 Å². The highest BCUT2D eigenvalue weighted by molar-refractivity contribution is 9.10. The molecular formula is C8H9BrClNO. The van der Waals surface area contributed by atoms with Crippen LogP contribution in [0.2, 0.25) is 5.02 Å². The SMILES string of the molecule is CCOc1cc(Br)c(Cl)cc1N. The predicted octanol–water partition coefficient (Wildman–Crippen LogP) is 3.08. The third-order valence-electron chi connectivity index (χ3n) is 1.35. The van der Waals surface area contributed by atoms with E-state index in [0.717, 1.165) is 4.47 Å². The number of hydrogen-bond donors (Lipinski definition) is 1. The molecular weight excluding hydrogens is 241 g/mol. The minimum absolute atomic E-state index is 0.560. The van der Waals surface area contributed by atoms with Gasteiger partial charge in [-0.15, -0.1) is 0 Å². The van der Waals surface area contributed by atoms with Gasteiger partial charge in [-0.1, -0.05) is 11.6 Å². The van der Waals surface area contributed by atoms with Crippen LogP contribution < -0.4 is 10.5 Å². The van der Waals surface area contributed by atoms with Crippen LogP contribution in [0, 0.1) is 0 Å². The lowest BCUT2D eigenvalue weighted by Crippen LogP contribution is -1.96. The van der Waals surface area contributed by atoms with E-state index in [2.05, 4.69) is 15.9 Å². The minimum Gasteiger partial charge on any atom is -0.492 e. The van der Waals surface area contributed by atoms with Gasteiger partial charge < -0.3 is 10.5 Å². The predicted molar refractivity (Wildman–Crippen MR) is 54.7 cm³/mol. The fraction of sp³-hybridized carbons (Fsp3) is 0.250. The molecule has 0 aromatic heterocycles. The first-order valence-corrected chi connectivity index (χ1v) is 4.69. The van der Waals surface area contributed by atoms with Crippen LogP contribution in [-0.4, -0.2) is 6.61 Å². The second-order valence-electron chi connectivity index (χ2n) is 2.24. The molecule has 4 heteroatoms. The van der Waals surface area contributed by atoms with Gasteiger partial charge in [0, 0.05) is 4.47 Å². The summed E-state index contributed by atoms with van der Waals surface area (Å²) in [5.41, 5.74) is 6.21. The molecule has 0 radical (unpaired) electrons. The molecule has 0 fully saturated rings. The van der Waals surface area contributed by atoms with Crippen molar-refractivity contribution in [2.24, 2.45) is 0 Å². The molecule has 0 spiro atoms. The zero-order valence-corrected chi connectivity index (χ0v) is 8.95. The van der Waals surface area contributed by atoms with Crippen molar-refractivity contribution in [2.75, 3.05) is 12.3 Å². The molecule has 0 aliphatic rings. The van der Waals surface area contributed by atoms with Crippen LogP contribution >= 0.6 is 27.5 Å². The lowest BCUT2D eigenvalue weighted by molar-refractivity contribution is 0.342. The number of nitrogens with two attached hydrogens (primary N) is 1. The Morgan fingerprint density at radius 1 is 1.58 bits per heavy atom. The Morgan fingerprint density at radius 3 is 2.83 bits per heavy atom. The van der Waals surface area contributed by atoms with Gasteiger partial charge in [0.25, 0.3) is 0 Å². The molecule has 2 N–H and O–H groups in total. The normalized spacial score (nSPS) is 9.92. The number of rotatable bonds is 2. The van der Waals surface area contributed by atoms with Crippen molar-refractivity contribution in [2.45, 2.75) is 6.92 Å². The maximum Gasteiger partial charge on any atom is 0.143 e. The highest BCUT2D eigenvalue weighted by Crippen LogP contribution is 2.32. The van der Waals surface area contributed by atoms with Crippen molar-refractivity contribution >= 4 is 33.2 Å². The van der Waals surface area contributed by atoms with Crippen LogP contribution in [0.3, 0.4) is 0 Å². The Bertz CT molecular complexity index is 291. The molecule has 0 aliphatic carbocycles. The monoisotopic (exact) mass is 249 g/mol. The Hall–Kier alpha value is -0.410. The fourth-order valence-corrected chi connectivity index (χ4v) is 1.32. The average Bonchev–Trinajstić information content (AvgIpc) is 2.01. The number of nitrogen functional groups attached to an aromatic ring is 1. The number of halogens is 2. The summed E-state index contributed by atoms with van der Waals surface area (Å²) in [7, 11) is 0. The Labute approximate surface area is 84.8 Å². The molecule has 0 atom stereocenters. The van der Waals surface area contributed by atoms with E-state index in [1.165, 1.54) is 0 Å². The summed E-state index contributed by atoms with van der Waals surface area (Å²) >= 11 is 9.09. The molecule has 0 saturated carbocycles. The maximum absolute atomic E-state index is 5.80. The van der Waals surface area contributed by atoms with Crippen LogP contribution in [-0.2, 0) is 0 Å². The van der Waals surface area contributed by atoms with E-state index in [4.69, 9.17) is 22.1 Å². The molecule has 0 amide bonds. The van der Waals surface area contributed by atoms with Crippen LogP contribution in [0.15, 0.2) is 16.6 Å². The number of anilines is 1. The van der Waals surface area contributed by atoms with Crippen molar-refractivity contribution in [3.63, 3.8) is 0 Å². The molecule has 1 rings (SSSR count). The first kappa shape index (κ1) is 9.68. The summed E-state index contributed by atoms with van der Waals surface area (Å²) in [5, 5.41) is 0.593. The van der Waals surface area contributed by atoms with Gasteiger partial charge in [0.15, 0.2) is 0 Å². The lowest BCUT2D eigenvalue weighted by atomic mass is 10.3. The van der Waals surface area contributed by atoms with Gasteiger partial charge in [-0.05, 0) is 35.0 Å². The summed E-state index contributed by atoms with van der Waals surface area (Å²) in [6, 6.07) is 3.43. The van der Waals surface area contributed by atoms with E-state index >= 15 is 0 Å². The van der Waals surface area contributed by atoms with Crippen molar-refractivity contribution in [3.8, 4) is 5.75 Å². The van der Waals surface area contributed by atoms with Gasteiger partial charge >= 0.3 is 0 Å². The van der Waals surface area contributed by atoms with Crippen molar-refractivity contribution in [3.05, 3.63) is 21.6 Å². The van der Waals surface area contributed by atoms with Gasteiger partial charge in [0.2, 0.25) is 0 Å². The molecule has 0 saturated heterocycles. The minimum atomic E-state index is 0.560. The van der Waals surface area contributed by atoms with Crippen LogP contribution in [0.25, 0.3) is 0 Å². The third kappa shape index (κ3) is 2.05. The smallest absolute Gasteiger partial charge is 0.143 e. The van der Waals surface area contributed by atoms with E-state index < -0.39 is 0 Å². The van der Waals surface area contributed by atoms with E-state index in [1.807, 2.05) is 6.92 Å². The Kier molecular flexibility index (Phi) is 3.23. The number of hydrogen-bond acceptors (Lipinski definition) is 2. The quantitative estimate of drug-likeness (QED) is 0.819. The van der Waals surface area contributed by atoms with E-state index in [0.29, 0.717) is 23.1 Å². The molecule has 2 nitrogen and oxygen atoms in total. The summed E-state index contributed by atoms with van der Waals surface area (Å²) in [4.78, 5) is 0. The van der Waals surface area contributed by atoms with Crippen molar-refractivity contribution < 1.29 is 4.74 Å². The fourth-order valence-electron chi connectivity index (χ4n) is 0.824. The van der Waals surface area contributed by atoms with Gasteiger partial charge in [0.1, 0.15) is 5.75 Å². The highest BCUT2D eigenvalue weighted by atomic mass is 79.9. The lowest BCUT2D eigenvalue weighted by Gasteiger charge is -2.07. The molecule has 0 aliphatic heterocycles. The molecule has 1 aromatic rings. The zero-order chi connectivity index (χ0) is 9.14. The van der Waals surface area contributed by atoms with Crippen LogP contribution in [0.5, 0.6) is 5.75 Å². The van der Waals surface area contributed by atoms with E-state index in [-0.39, 0.29) is 0 Å². The first-order chi connectivity index (χ1) is 5.65. The Balaban J connectivity index is 3.05. The number of ether oxygens (including phenoxy) is 1. The summed E-state index contributed by atoms with van der Waals surface area (Å²) in [6.07, 6.45) is 0. The average molecular weight is 251 g/mol. The molecule has 1 aromatic carbocycles. The van der Waals surface area contributed by atoms with Gasteiger partial charge in [-0.3, -0.25) is 0 Å². The van der Waals surface area contributed by atoms with Gasteiger partial charge in [0.05, 0.1) is 17.3 Å². The molecule has 0 unspecified atom stereocenters. The van der Waals surface area contributed by atoms with Crippen LogP contribution in [0.4, 0.5) is 5.69 Å². The summed E-state index contributed by atoms with van der Waals surface area (Å²) in [6.45, 7) is 2.50. The first-order valence-electron chi connectivity index (χ1n) is 3.52. The topological polar surface area (TPSA) is 35.2 Å². The largest absolute Gasteiger partial charge is 0.492 e.